The van der Waals surface area contributed by atoms with Crippen LogP contribution in [-0.4, -0.2) is 11.5 Å². The molecule has 1 aliphatic carbocycles. The number of nitrogens with zero attached hydrogens (tertiary/aromatic N) is 1. The van der Waals surface area contributed by atoms with Crippen molar-refractivity contribution in [1.29, 1.82) is 0 Å². The number of halogens is 1. The van der Waals surface area contributed by atoms with Crippen LogP contribution in [0.4, 0.5) is 4.39 Å². The van der Waals surface area contributed by atoms with Gasteiger partial charge in [-0.3, -0.25) is 4.98 Å². The van der Waals surface area contributed by atoms with Gasteiger partial charge in [-0.05, 0) is 55.1 Å². The molecular weight excluding hydrogens is 227 g/mol. The summed E-state index contributed by atoms with van der Waals surface area (Å²) >= 11 is 0. The third kappa shape index (κ3) is 1.89. The Labute approximate surface area is 106 Å². The van der Waals surface area contributed by atoms with E-state index < -0.39 is 0 Å². The van der Waals surface area contributed by atoms with Crippen molar-refractivity contribution in [2.75, 3.05) is 6.54 Å². The van der Waals surface area contributed by atoms with Crippen LogP contribution in [0.2, 0.25) is 0 Å². The van der Waals surface area contributed by atoms with Crippen LogP contribution in [0.5, 0.6) is 0 Å². The molecule has 94 valence electrons. The van der Waals surface area contributed by atoms with Crippen LogP contribution in [0.25, 0.3) is 10.9 Å². The molecule has 1 heterocycles. The number of nitrogens with one attached hydrogen (secondary N) is 1. The Kier molecular flexibility index (Phi) is 3.00. The Bertz CT molecular complexity index is 593. The highest BCUT2D eigenvalue weighted by Gasteiger charge is 2.19. The number of aromatic nitrogens is 1. The lowest BCUT2D eigenvalue weighted by Crippen LogP contribution is -2.14. The Morgan fingerprint density at radius 1 is 1.33 bits per heavy atom. The fraction of sp³-hybridized carbons (Fsp3) is 0.400. The minimum absolute atomic E-state index is 0.181. The third-order valence-electron chi connectivity index (χ3n) is 3.64. The number of benzene rings is 1. The zero-order valence-corrected chi connectivity index (χ0v) is 10.6. The van der Waals surface area contributed by atoms with Gasteiger partial charge >= 0.3 is 0 Å². The largest absolute Gasteiger partial charge is 0.313 e. The molecule has 1 aromatic heterocycles. The number of aryl methyl sites for hydroxylation is 1. The van der Waals surface area contributed by atoms with E-state index in [0.717, 1.165) is 36.8 Å². The molecule has 0 saturated carbocycles. The lowest BCUT2D eigenvalue weighted by Gasteiger charge is -2.12. The van der Waals surface area contributed by atoms with E-state index in [1.807, 2.05) is 0 Å². The highest BCUT2D eigenvalue weighted by molar-refractivity contribution is 5.84. The van der Waals surface area contributed by atoms with Gasteiger partial charge < -0.3 is 5.32 Å². The molecule has 3 heteroatoms. The molecule has 0 spiro atoms. The molecule has 18 heavy (non-hydrogen) atoms. The molecule has 2 aromatic rings. The molecule has 1 N–H and O–H groups in total. The van der Waals surface area contributed by atoms with Gasteiger partial charge in [-0.15, -0.1) is 0 Å². The molecular formula is C15H17FN2. The SMILES string of the molecule is CCNCc1c2c(nc3ccc(F)cc13)CCC2. The molecule has 0 unspecified atom stereocenters. The van der Waals surface area contributed by atoms with E-state index in [0.29, 0.717) is 0 Å². The second kappa shape index (κ2) is 4.65. The van der Waals surface area contributed by atoms with Crippen LogP contribution in [0.15, 0.2) is 18.2 Å². The van der Waals surface area contributed by atoms with E-state index in [4.69, 9.17) is 0 Å². The van der Waals surface area contributed by atoms with Crippen LogP contribution >= 0.6 is 0 Å². The van der Waals surface area contributed by atoms with Gasteiger partial charge in [0, 0.05) is 17.6 Å². The second-order valence-electron chi connectivity index (χ2n) is 4.81. The molecule has 0 amide bonds. The number of pyridine rings is 1. The first kappa shape index (κ1) is 11.6. The summed E-state index contributed by atoms with van der Waals surface area (Å²) in [7, 11) is 0. The maximum absolute atomic E-state index is 13.4. The summed E-state index contributed by atoms with van der Waals surface area (Å²) in [6, 6.07) is 4.90. The van der Waals surface area contributed by atoms with Crippen LogP contribution in [0.3, 0.4) is 0 Å². The van der Waals surface area contributed by atoms with E-state index in [9.17, 15) is 4.39 Å². The van der Waals surface area contributed by atoms with E-state index in [1.54, 1.807) is 12.1 Å². The zero-order valence-electron chi connectivity index (χ0n) is 10.6. The van der Waals surface area contributed by atoms with Crippen molar-refractivity contribution in [2.24, 2.45) is 0 Å². The molecule has 0 saturated heterocycles. The number of rotatable bonds is 3. The van der Waals surface area contributed by atoms with Crippen molar-refractivity contribution in [3.8, 4) is 0 Å². The van der Waals surface area contributed by atoms with Crippen molar-refractivity contribution in [3.05, 3.63) is 40.8 Å². The summed E-state index contributed by atoms with van der Waals surface area (Å²) in [5.41, 5.74) is 4.72. The van der Waals surface area contributed by atoms with Gasteiger partial charge in [0.15, 0.2) is 0 Å². The molecule has 0 aliphatic heterocycles. The fourth-order valence-corrected chi connectivity index (χ4v) is 2.78. The van der Waals surface area contributed by atoms with Crippen molar-refractivity contribution in [3.63, 3.8) is 0 Å². The monoisotopic (exact) mass is 244 g/mol. The molecule has 0 atom stereocenters. The van der Waals surface area contributed by atoms with E-state index in [1.165, 1.54) is 29.3 Å². The van der Waals surface area contributed by atoms with Crippen molar-refractivity contribution in [1.82, 2.24) is 10.3 Å². The Morgan fingerprint density at radius 2 is 2.22 bits per heavy atom. The number of hydrogen-bond acceptors (Lipinski definition) is 2. The van der Waals surface area contributed by atoms with Crippen molar-refractivity contribution >= 4 is 10.9 Å². The van der Waals surface area contributed by atoms with Gasteiger partial charge in [0.2, 0.25) is 0 Å². The quantitative estimate of drug-likeness (QED) is 0.898. The Morgan fingerprint density at radius 3 is 3.06 bits per heavy atom. The molecule has 2 nitrogen and oxygen atoms in total. The minimum atomic E-state index is -0.181. The average molecular weight is 244 g/mol. The van der Waals surface area contributed by atoms with Gasteiger partial charge in [-0.2, -0.15) is 0 Å². The Hall–Kier alpha value is -1.48. The first-order chi connectivity index (χ1) is 8.79. The summed E-state index contributed by atoms with van der Waals surface area (Å²) in [4.78, 5) is 4.67. The van der Waals surface area contributed by atoms with Crippen molar-refractivity contribution in [2.45, 2.75) is 32.7 Å². The zero-order chi connectivity index (χ0) is 12.5. The van der Waals surface area contributed by atoms with E-state index in [2.05, 4.69) is 17.2 Å². The third-order valence-corrected chi connectivity index (χ3v) is 3.64. The van der Waals surface area contributed by atoms with Gasteiger partial charge in [0.1, 0.15) is 5.82 Å². The van der Waals surface area contributed by atoms with E-state index in [-0.39, 0.29) is 5.82 Å². The number of fused-ring (bicyclic) bond motifs is 2. The van der Waals surface area contributed by atoms with Crippen LogP contribution < -0.4 is 5.32 Å². The summed E-state index contributed by atoms with van der Waals surface area (Å²) in [6.45, 7) is 3.82. The normalized spacial score (nSPS) is 14.1. The summed E-state index contributed by atoms with van der Waals surface area (Å²) in [5.74, 6) is -0.181. The average Bonchev–Trinajstić information content (AvgIpc) is 2.82. The molecule has 0 fully saturated rings. The van der Waals surface area contributed by atoms with Crippen LogP contribution in [-0.2, 0) is 19.4 Å². The predicted octanol–water partition coefficient (Wildman–Crippen LogP) is 2.97. The minimum Gasteiger partial charge on any atom is -0.313 e. The van der Waals surface area contributed by atoms with Gasteiger partial charge in [0.25, 0.3) is 0 Å². The smallest absolute Gasteiger partial charge is 0.123 e. The van der Waals surface area contributed by atoms with Gasteiger partial charge in [0.05, 0.1) is 5.52 Å². The first-order valence-electron chi connectivity index (χ1n) is 6.60. The molecule has 1 aromatic carbocycles. The lowest BCUT2D eigenvalue weighted by atomic mass is 10.0. The van der Waals surface area contributed by atoms with Gasteiger partial charge in [-0.1, -0.05) is 6.92 Å². The van der Waals surface area contributed by atoms with Crippen molar-refractivity contribution < 1.29 is 4.39 Å². The molecule has 0 radical (unpaired) electrons. The summed E-state index contributed by atoms with van der Waals surface area (Å²) in [6.07, 6.45) is 3.30. The number of hydrogen-bond donors (Lipinski definition) is 1. The molecule has 3 rings (SSSR count). The highest BCUT2D eigenvalue weighted by atomic mass is 19.1. The lowest BCUT2D eigenvalue weighted by molar-refractivity contribution is 0.629. The Balaban J connectivity index is 2.22. The maximum Gasteiger partial charge on any atom is 0.123 e. The standard InChI is InChI=1S/C15H17FN2/c1-2-17-9-13-11-4-3-5-14(11)18-15-7-6-10(16)8-12(13)15/h6-8,17H,2-5,9H2,1H3. The van der Waals surface area contributed by atoms with Crippen LogP contribution in [0, 0.1) is 5.82 Å². The fourth-order valence-electron chi connectivity index (χ4n) is 2.78. The second-order valence-corrected chi connectivity index (χ2v) is 4.81. The van der Waals surface area contributed by atoms with Gasteiger partial charge in [-0.25, -0.2) is 4.39 Å². The van der Waals surface area contributed by atoms with E-state index >= 15 is 0 Å². The molecule has 1 aliphatic rings. The highest BCUT2D eigenvalue weighted by Crippen LogP contribution is 2.30. The maximum atomic E-state index is 13.4. The first-order valence-corrected chi connectivity index (χ1v) is 6.60. The van der Waals surface area contributed by atoms with Crippen LogP contribution in [0.1, 0.15) is 30.2 Å². The summed E-state index contributed by atoms with van der Waals surface area (Å²) < 4.78 is 13.4. The summed E-state index contributed by atoms with van der Waals surface area (Å²) in [5, 5.41) is 4.32. The topological polar surface area (TPSA) is 24.9 Å². The predicted molar refractivity (Wildman–Crippen MR) is 71.1 cm³/mol. The molecule has 0 bridgehead atoms.